The van der Waals surface area contributed by atoms with Gasteiger partial charge in [0.2, 0.25) is 0 Å². The highest BCUT2D eigenvalue weighted by Crippen LogP contribution is 2.26. The molecule has 1 heterocycles. The van der Waals surface area contributed by atoms with Crippen molar-refractivity contribution < 1.29 is 17.9 Å². The van der Waals surface area contributed by atoms with Crippen LogP contribution < -0.4 is 4.74 Å². The predicted octanol–water partition coefficient (Wildman–Crippen LogP) is 4.51. The number of ether oxygens (including phenoxy) is 1. The Kier molecular flexibility index (Phi) is 5.28. The van der Waals surface area contributed by atoms with Crippen LogP contribution in [0.5, 0.6) is 5.75 Å². The fourth-order valence-electron chi connectivity index (χ4n) is 2.21. The smallest absolute Gasteiger partial charge is 0.387 e. The molecule has 0 unspecified atom stereocenters. The molecule has 3 rings (SSSR count). The summed E-state index contributed by atoms with van der Waals surface area (Å²) >= 11 is 1.48. The molecule has 0 saturated heterocycles. The quantitative estimate of drug-likeness (QED) is 0.603. The Labute approximate surface area is 146 Å². The van der Waals surface area contributed by atoms with Gasteiger partial charge in [0.25, 0.3) is 0 Å². The summed E-state index contributed by atoms with van der Waals surface area (Å²) in [4.78, 5) is 0. The van der Waals surface area contributed by atoms with Gasteiger partial charge in [0.05, 0.1) is 0 Å². The van der Waals surface area contributed by atoms with E-state index in [-0.39, 0.29) is 11.6 Å². The minimum atomic E-state index is -2.85. The van der Waals surface area contributed by atoms with Crippen molar-refractivity contribution in [1.82, 2.24) is 14.8 Å². The first kappa shape index (κ1) is 17.3. The maximum absolute atomic E-state index is 12.9. The summed E-state index contributed by atoms with van der Waals surface area (Å²) in [6.07, 6.45) is 0. The Morgan fingerprint density at radius 3 is 2.36 bits per heavy atom. The van der Waals surface area contributed by atoms with Crippen LogP contribution in [0, 0.1) is 5.82 Å². The van der Waals surface area contributed by atoms with Crippen molar-refractivity contribution >= 4 is 11.8 Å². The van der Waals surface area contributed by atoms with Gasteiger partial charge in [-0.25, -0.2) is 4.39 Å². The molecule has 4 nitrogen and oxygen atoms in total. The second-order valence-corrected chi connectivity index (χ2v) is 6.13. The predicted molar refractivity (Wildman–Crippen MR) is 89.0 cm³/mol. The van der Waals surface area contributed by atoms with E-state index in [4.69, 9.17) is 0 Å². The van der Waals surface area contributed by atoms with Crippen molar-refractivity contribution in [3.63, 3.8) is 0 Å². The van der Waals surface area contributed by atoms with Crippen molar-refractivity contribution in [2.45, 2.75) is 17.5 Å². The summed E-state index contributed by atoms with van der Waals surface area (Å²) in [5.74, 6) is 1.07. The van der Waals surface area contributed by atoms with Crippen molar-refractivity contribution in [3.05, 3.63) is 59.9 Å². The van der Waals surface area contributed by atoms with Gasteiger partial charge in [-0.05, 0) is 42.0 Å². The molecule has 0 bridgehead atoms. The van der Waals surface area contributed by atoms with E-state index in [1.807, 2.05) is 11.6 Å². The van der Waals surface area contributed by atoms with Gasteiger partial charge in [-0.3, -0.25) is 0 Å². The summed E-state index contributed by atoms with van der Waals surface area (Å²) in [6.45, 7) is -2.85. The third-order valence-corrected chi connectivity index (χ3v) is 4.55. The van der Waals surface area contributed by atoms with Crippen LogP contribution in [-0.4, -0.2) is 21.4 Å². The molecule has 2 aromatic carbocycles. The van der Waals surface area contributed by atoms with Crippen molar-refractivity contribution in [1.29, 1.82) is 0 Å². The summed E-state index contributed by atoms with van der Waals surface area (Å²) in [5, 5.41) is 8.99. The Hall–Kier alpha value is -2.48. The Balaban J connectivity index is 1.71. The van der Waals surface area contributed by atoms with E-state index in [2.05, 4.69) is 14.9 Å². The first-order valence-corrected chi connectivity index (χ1v) is 8.33. The van der Waals surface area contributed by atoms with Crippen LogP contribution >= 0.6 is 11.8 Å². The molecule has 0 radical (unpaired) electrons. The minimum absolute atomic E-state index is 0.0897. The molecular formula is C17H14F3N3OS. The fourth-order valence-corrected chi connectivity index (χ4v) is 3.07. The molecule has 3 aromatic rings. The minimum Gasteiger partial charge on any atom is -0.435 e. The van der Waals surface area contributed by atoms with Crippen LogP contribution in [0.1, 0.15) is 5.56 Å². The molecule has 130 valence electrons. The van der Waals surface area contributed by atoms with Crippen molar-refractivity contribution in [2.24, 2.45) is 7.05 Å². The van der Waals surface area contributed by atoms with Gasteiger partial charge in [-0.2, -0.15) is 8.78 Å². The third-order valence-electron chi connectivity index (χ3n) is 3.45. The molecule has 0 amide bonds. The molecule has 0 saturated carbocycles. The molecule has 0 atom stereocenters. The second kappa shape index (κ2) is 7.60. The number of rotatable bonds is 6. The van der Waals surface area contributed by atoms with Crippen molar-refractivity contribution in [3.8, 4) is 17.1 Å². The number of aromatic nitrogens is 3. The number of halogens is 3. The van der Waals surface area contributed by atoms with Gasteiger partial charge in [0.15, 0.2) is 11.0 Å². The summed E-state index contributed by atoms with van der Waals surface area (Å²) < 4.78 is 43.4. The number of benzene rings is 2. The first-order valence-electron chi connectivity index (χ1n) is 7.35. The average Bonchev–Trinajstić information content (AvgIpc) is 2.95. The standard InChI is InChI=1S/C17H14F3N3OS/c1-23-15(12-4-8-14(9-5-12)24-16(19)20)21-22-17(23)25-10-11-2-6-13(18)7-3-11/h2-9,16H,10H2,1H3. The number of nitrogens with zero attached hydrogens (tertiary/aromatic N) is 3. The topological polar surface area (TPSA) is 39.9 Å². The van der Waals surface area contributed by atoms with Gasteiger partial charge in [-0.15, -0.1) is 10.2 Å². The van der Waals surface area contributed by atoms with Crippen LogP contribution in [0.15, 0.2) is 53.7 Å². The highest BCUT2D eigenvalue weighted by atomic mass is 32.2. The van der Waals surface area contributed by atoms with Crippen LogP contribution in [-0.2, 0) is 12.8 Å². The maximum Gasteiger partial charge on any atom is 0.387 e. The lowest BCUT2D eigenvalue weighted by Crippen LogP contribution is -2.01. The van der Waals surface area contributed by atoms with Gasteiger partial charge >= 0.3 is 6.61 Å². The normalized spacial score (nSPS) is 11.1. The monoisotopic (exact) mass is 365 g/mol. The van der Waals surface area contributed by atoms with E-state index in [0.29, 0.717) is 16.7 Å². The average molecular weight is 365 g/mol. The lowest BCUT2D eigenvalue weighted by Gasteiger charge is -2.06. The van der Waals surface area contributed by atoms with Crippen LogP contribution in [0.2, 0.25) is 0 Å². The molecule has 0 aliphatic heterocycles. The molecule has 0 N–H and O–H groups in total. The summed E-state index contributed by atoms with van der Waals surface area (Å²) in [6, 6.07) is 12.5. The Morgan fingerprint density at radius 2 is 1.72 bits per heavy atom. The summed E-state index contributed by atoms with van der Waals surface area (Å²) in [5.41, 5.74) is 1.72. The number of hydrogen-bond donors (Lipinski definition) is 0. The maximum atomic E-state index is 12.9. The largest absolute Gasteiger partial charge is 0.435 e. The lowest BCUT2D eigenvalue weighted by molar-refractivity contribution is -0.0498. The van der Waals surface area contributed by atoms with Gasteiger partial charge < -0.3 is 9.30 Å². The van der Waals surface area contributed by atoms with E-state index in [1.165, 1.54) is 36.0 Å². The highest BCUT2D eigenvalue weighted by molar-refractivity contribution is 7.98. The van der Waals surface area contributed by atoms with E-state index in [0.717, 1.165) is 11.1 Å². The van der Waals surface area contributed by atoms with Gasteiger partial charge in [-0.1, -0.05) is 23.9 Å². The lowest BCUT2D eigenvalue weighted by atomic mass is 10.2. The molecule has 0 aliphatic carbocycles. The SMILES string of the molecule is Cn1c(SCc2ccc(F)cc2)nnc1-c1ccc(OC(F)F)cc1. The third kappa shape index (κ3) is 4.33. The van der Waals surface area contributed by atoms with Crippen molar-refractivity contribution in [2.75, 3.05) is 0 Å². The Morgan fingerprint density at radius 1 is 1.04 bits per heavy atom. The second-order valence-electron chi connectivity index (χ2n) is 5.18. The van der Waals surface area contributed by atoms with E-state index < -0.39 is 6.61 Å². The van der Waals surface area contributed by atoms with Crippen LogP contribution in [0.3, 0.4) is 0 Å². The molecule has 0 spiro atoms. The van der Waals surface area contributed by atoms with Gasteiger partial charge in [0.1, 0.15) is 11.6 Å². The first-order chi connectivity index (χ1) is 12.0. The Bertz CT molecular complexity index is 835. The fraction of sp³-hybridized carbons (Fsp3) is 0.176. The van der Waals surface area contributed by atoms with E-state index >= 15 is 0 Å². The summed E-state index contributed by atoms with van der Waals surface area (Å²) in [7, 11) is 1.83. The highest BCUT2D eigenvalue weighted by Gasteiger charge is 2.12. The molecule has 8 heteroatoms. The zero-order valence-electron chi connectivity index (χ0n) is 13.2. The molecule has 25 heavy (non-hydrogen) atoms. The molecular weight excluding hydrogens is 351 g/mol. The molecule has 0 fully saturated rings. The zero-order chi connectivity index (χ0) is 17.8. The van der Waals surface area contributed by atoms with E-state index in [9.17, 15) is 13.2 Å². The van der Waals surface area contributed by atoms with Crippen LogP contribution in [0.25, 0.3) is 11.4 Å². The molecule has 0 aliphatic rings. The van der Waals surface area contributed by atoms with Gasteiger partial charge in [0, 0.05) is 18.4 Å². The number of hydrogen-bond acceptors (Lipinski definition) is 4. The molecule has 1 aromatic heterocycles. The zero-order valence-corrected chi connectivity index (χ0v) is 14.0. The number of thioether (sulfide) groups is 1. The van der Waals surface area contributed by atoms with E-state index in [1.54, 1.807) is 24.3 Å². The van der Waals surface area contributed by atoms with Crippen LogP contribution in [0.4, 0.5) is 13.2 Å². The number of alkyl halides is 2.